The molecule has 0 saturated carbocycles. The molecule has 1 N–H and O–H groups in total. The number of rotatable bonds is 4. The highest BCUT2D eigenvalue weighted by Gasteiger charge is 2.22. The largest absolute Gasteiger partial charge is 0.378 e. The first-order valence-electron chi connectivity index (χ1n) is 8.82. The molecule has 1 saturated heterocycles. The Kier molecular flexibility index (Phi) is 5.22. The third-order valence-electron chi connectivity index (χ3n) is 4.60. The third-order valence-corrected chi connectivity index (χ3v) is 4.60. The number of carbonyl (C=O) groups is 1. The summed E-state index contributed by atoms with van der Waals surface area (Å²) in [4.78, 5) is 21.0. The predicted octanol–water partition coefficient (Wildman–Crippen LogP) is 3.76. The van der Waals surface area contributed by atoms with Gasteiger partial charge < -0.3 is 15.1 Å². The molecular formula is C20H26N4O. The Labute approximate surface area is 149 Å². The average Bonchev–Trinajstić information content (AvgIpc) is 2.62. The second kappa shape index (κ2) is 7.55. The Morgan fingerprint density at radius 2 is 1.96 bits per heavy atom. The molecule has 1 fully saturated rings. The van der Waals surface area contributed by atoms with Crippen molar-refractivity contribution in [3.05, 3.63) is 48.3 Å². The topological polar surface area (TPSA) is 48.5 Å². The predicted molar refractivity (Wildman–Crippen MR) is 103 cm³/mol. The van der Waals surface area contributed by atoms with E-state index in [1.54, 1.807) is 6.20 Å². The molecule has 1 aromatic heterocycles. The van der Waals surface area contributed by atoms with Gasteiger partial charge in [-0.2, -0.15) is 0 Å². The molecular weight excluding hydrogens is 312 g/mol. The normalized spacial score (nSPS) is 17.2. The summed E-state index contributed by atoms with van der Waals surface area (Å²) >= 11 is 0. The van der Waals surface area contributed by atoms with Crippen LogP contribution in [0.3, 0.4) is 0 Å². The summed E-state index contributed by atoms with van der Waals surface area (Å²) in [5, 5.41) is 3.35. The molecule has 2 aromatic rings. The van der Waals surface area contributed by atoms with Crippen LogP contribution in [0.25, 0.3) is 0 Å². The van der Waals surface area contributed by atoms with Crippen molar-refractivity contribution in [2.45, 2.75) is 19.8 Å². The number of anilines is 3. The van der Waals surface area contributed by atoms with Gasteiger partial charge >= 0.3 is 0 Å². The van der Waals surface area contributed by atoms with Crippen molar-refractivity contribution in [3.63, 3.8) is 0 Å². The summed E-state index contributed by atoms with van der Waals surface area (Å²) in [6.07, 6.45) is 3.96. The van der Waals surface area contributed by atoms with Gasteiger partial charge in [0.2, 0.25) is 0 Å². The van der Waals surface area contributed by atoms with E-state index in [0.29, 0.717) is 11.6 Å². The molecule has 2 heterocycles. The Bertz CT molecular complexity index is 727. The fourth-order valence-corrected chi connectivity index (χ4v) is 3.17. The Morgan fingerprint density at radius 3 is 2.64 bits per heavy atom. The number of likely N-dealkylation sites (tertiary alicyclic amines) is 1. The van der Waals surface area contributed by atoms with E-state index in [2.05, 4.69) is 34.3 Å². The van der Waals surface area contributed by atoms with E-state index in [1.807, 2.05) is 43.3 Å². The van der Waals surface area contributed by atoms with Gasteiger partial charge in [0.15, 0.2) is 0 Å². The molecule has 3 rings (SSSR count). The van der Waals surface area contributed by atoms with Gasteiger partial charge in [-0.3, -0.25) is 9.78 Å². The van der Waals surface area contributed by atoms with E-state index in [4.69, 9.17) is 0 Å². The molecule has 0 aliphatic carbocycles. The fourth-order valence-electron chi connectivity index (χ4n) is 3.17. The maximum absolute atomic E-state index is 12.7. The maximum atomic E-state index is 12.7. The zero-order valence-electron chi connectivity index (χ0n) is 15.2. The number of nitrogens with zero attached hydrogens (tertiary/aromatic N) is 3. The molecule has 1 amide bonds. The highest BCUT2D eigenvalue weighted by Crippen LogP contribution is 2.22. The number of hydrogen-bond acceptors (Lipinski definition) is 4. The lowest BCUT2D eigenvalue weighted by Gasteiger charge is -2.30. The van der Waals surface area contributed by atoms with Gasteiger partial charge in [0.1, 0.15) is 5.69 Å². The lowest BCUT2D eigenvalue weighted by atomic mass is 10.00. The van der Waals surface area contributed by atoms with Crippen molar-refractivity contribution < 1.29 is 4.79 Å². The highest BCUT2D eigenvalue weighted by molar-refractivity contribution is 5.93. The van der Waals surface area contributed by atoms with Crippen molar-refractivity contribution in [2.24, 2.45) is 5.92 Å². The van der Waals surface area contributed by atoms with E-state index >= 15 is 0 Å². The van der Waals surface area contributed by atoms with E-state index in [0.717, 1.165) is 36.6 Å². The first-order chi connectivity index (χ1) is 12.0. The van der Waals surface area contributed by atoms with Gasteiger partial charge in [-0.05, 0) is 55.2 Å². The highest BCUT2D eigenvalue weighted by atomic mass is 16.2. The molecule has 1 atom stereocenters. The smallest absolute Gasteiger partial charge is 0.272 e. The van der Waals surface area contributed by atoms with Crippen LogP contribution >= 0.6 is 0 Å². The van der Waals surface area contributed by atoms with E-state index in [9.17, 15) is 4.79 Å². The van der Waals surface area contributed by atoms with Gasteiger partial charge in [-0.15, -0.1) is 0 Å². The van der Waals surface area contributed by atoms with Crippen molar-refractivity contribution in [1.29, 1.82) is 0 Å². The first-order valence-corrected chi connectivity index (χ1v) is 8.82. The average molecular weight is 338 g/mol. The molecule has 1 unspecified atom stereocenters. The Hall–Kier alpha value is -2.56. The monoisotopic (exact) mass is 338 g/mol. The molecule has 1 aliphatic rings. The summed E-state index contributed by atoms with van der Waals surface area (Å²) in [5.41, 5.74) is 3.52. The zero-order valence-corrected chi connectivity index (χ0v) is 15.2. The van der Waals surface area contributed by atoms with Crippen LogP contribution in [0.1, 0.15) is 30.3 Å². The number of nitrogens with one attached hydrogen (secondary N) is 1. The summed E-state index contributed by atoms with van der Waals surface area (Å²) in [6.45, 7) is 3.85. The quantitative estimate of drug-likeness (QED) is 0.922. The van der Waals surface area contributed by atoms with Crippen LogP contribution < -0.4 is 10.2 Å². The number of aromatic nitrogens is 1. The number of piperidine rings is 1. The number of pyridine rings is 1. The number of carbonyl (C=O) groups excluding carboxylic acids is 1. The molecule has 5 heteroatoms. The molecule has 0 radical (unpaired) electrons. The van der Waals surface area contributed by atoms with Gasteiger partial charge in [0.25, 0.3) is 5.91 Å². The molecule has 0 bridgehead atoms. The van der Waals surface area contributed by atoms with E-state index < -0.39 is 0 Å². The summed E-state index contributed by atoms with van der Waals surface area (Å²) in [6, 6.07) is 11.9. The molecule has 1 aliphatic heterocycles. The second-order valence-corrected chi connectivity index (χ2v) is 6.99. The van der Waals surface area contributed by atoms with Gasteiger partial charge in [-0.1, -0.05) is 6.92 Å². The number of amides is 1. The second-order valence-electron chi connectivity index (χ2n) is 6.99. The standard InChI is InChI=1S/C20H26N4O/c1-15-5-4-12-24(14-15)20(25)19-13-17(10-11-21-19)22-16-6-8-18(9-7-16)23(2)3/h6-11,13,15H,4-5,12,14H2,1-3H3,(H,21,22). The zero-order chi connectivity index (χ0) is 17.8. The SMILES string of the molecule is CC1CCCN(C(=O)c2cc(Nc3ccc(N(C)C)cc3)ccn2)C1. The van der Waals surface area contributed by atoms with Gasteiger partial charge in [-0.25, -0.2) is 0 Å². The van der Waals surface area contributed by atoms with Crippen LogP contribution in [0.2, 0.25) is 0 Å². The summed E-state index contributed by atoms with van der Waals surface area (Å²) in [7, 11) is 4.04. The van der Waals surface area contributed by atoms with Crippen LogP contribution in [-0.2, 0) is 0 Å². The number of hydrogen-bond donors (Lipinski definition) is 1. The van der Waals surface area contributed by atoms with Crippen LogP contribution in [0.15, 0.2) is 42.6 Å². The molecule has 5 nitrogen and oxygen atoms in total. The van der Waals surface area contributed by atoms with Gasteiger partial charge in [0.05, 0.1) is 0 Å². The van der Waals surface area contributed by atoms with Crippen molar-refractivity contribution in [1.82, 2.24) is 9.88 Å². The maximum Gasteiger partial charge on any atom is 0.272 e. The molecule has 0 spiro atoms. The van der Waals surface area contributed by atoms with Crippen LogP contribution in [0, 0.1) is 5.92 Å². The molecule has 1 aromatic carbocycles. The van der Waals surface area contributed by atoms with E-state index in [-0.39, 0.29) is 5.91 Å². The summed E-state index contributed by atoms with van der Waals surface area (Å²) < 4.78 is 0. The first kappa shape index (κ1) is 17.3. The summed E-state index contributed by atoms with van der Waals surface area (Å²) in [5.74, 6) is 0.590. The van der Waals surface area contributed by atoms with Crippen LogP contribution in [-0.4, -0.2) is 43.0 Å². The third kappa shape index (κ3) is 4.29. The molecule has 25 heavy (non-hydrogen) atoms. The minimum Gasteiger partial charge on any atom is -0.378 e. The molecule has 132 valence electrons. The van der Waals surface area contributed by atoms with E-state index in [1.165, 1.54) is 6.42 Å². The van der Waals surface area contributed by atoms with Crippen molar-refractivity contribution in [2.75, 3.05) is 37.4 Å². The fraction of sp³-hybridized carbons (Fsp3) is 0.400. The van der Waals surface area contributed by atoms with Gasteiger partial charge in [0, 0.05) is 50.4 Å². The lowest BCUT2D eigenvalue weighted by Crippen LogP contribution is -2.39. The van der Waals surface area contributed by atoms with Crippen molar-refractivity contribution >= 4 is 23.0 Å². The van der Waals surface area contributed by atoms with Crippen LogP contribution in [0.5, 0.6) is 0 Å². The number of benzene rings is 1. The minimum atomic E-state index is 0.0261. The van der Waals surface area contributed by atoms with Crippen molar-refractivity contribution in [3.8, 4) is 0 Å². The Morgan fingerprint density at radius 1 is 1.20 bits per heavy atom. The lowest BCUT2D eigenvalue weighted by molar-refractivity contribution is 0.0677. The minimum absolute atomic E-state index is 0.0261. The van der Waals surface area contributed by atoms with Crippen LogP contribution in [0.4, 0.5) is 17.1 Å². The Balaban J connectivity index is 1.71.